The van der Waals surface area contributed by atoms with E-state index >= 15 is 0 Å². The van der Waals surface area contributed by atoms with E-state index in [1.807, 2.05) is 74.9 Å². The van der Waals surface area contributed by atoms with Crippen LogP contribution in [0.25, 0.3) is 27.7 Å². The van der Waals surface area contributed by atoms with Crippen LogP contribution in [0.5, 0.6) is 0 Å². The predicted molar refractivity (Wildman–Crippen MR) is 174 cm³/mol. The first kappa shape index (κ1) is 30.3. The highest BCUT2D eigenvalue weighted by molar-refractivity contribution is 6.01. The van der Waals surface area contributed by atoms with Gasteiger partial charge in [0.1, 0.15) is 0 Å². The molecule has 2 unspecified atom stereocenters. The van der Waals surface area contributed by atoms with Crippen molar-refractivity contribution in [3.05, 3.63) is 109 Å². The molecule has 1 saturated heterocycles. The molecule has 4 rings (SSSR count). The van der Waals surface area contributed by atoms with Gasteiger partial charge in [0.15, 0.2) is 0 Å². The van der Waals surface area contributed by atoms with Gasteiger partial charge < -0.3 is 9.64 Å². The quantitative estimate of drug-likeness (QED) is 0.123. The van der Waals surface area contributed by atoms with Crippen LogP contribution in [0.4, 0.5) is 0 Å². The number of para-hydroxylation sites is 1. The Labute approximate surface area is 249 Å². The second-order valence-corrected chi connectivity index (χ2v) is 10.3. The Balaban J connectivity index is 1.80. The van der Waals surface area contributed by atoms with Gasteiger partial charge in [-0.1, -0.05) is 49.1 Å². The minimum atomic E-state index is -0.278. The van der Waals surface area contributed by atoms with Crippen molar-refractivity contribution in [3.8, 4) is 11.1 Å². The third-order valence-corrected chi connectivity index (χ3v) is 6.85. The minimum absolute atomic E-state index is 0.119. The molecule has 42 heavy (non-hydrogen) atoms. The van der Waals surface area contributed by atoms with Gasteiger partial charge in [0.05, 0.1) is 41.7 Å². The molecule has 1 aromatic heterocycles. The molecule has 7 heteroatoms. The summed E-state index contributed by atoms with van der Waals surface area (Å²) in [7, 11) is 1.72. The number of nitrogens with zero attached hydrogens (tertiary/aromatic N) is 5. The van der Waals surface area contributed by atoms with Gasteiger partial charge in [-0.15, -0.1) is 0 Å². The number of hydrogen-bond acceptors (Lipinski definition) is 5. The van der Waals surface area contributed by atoms with E-state index < -0.39 is 0 Å². The second-order valence-electron chi connectivity index (χ2n) is 10.3. The SMILES string of the molecule is C=CC(=O)N(C(/C=C\C)=C/N=CN1CC(C)OC(C)C1)/C(=C(\C)C=NC)c1cccc(-c2cnc3ccccc3c2)c1. The zero-order chi connectivity index (χ0) is 30.1. The van der Waals surface area contributed by atoms with E-state index in [9.17, 15) is 4.79 Å². The number of morpholine rings is 1. The number of fused-ring (bicyclic) bond motifs is 1. The van der Waals surface area contributed by atoms with E-state index in [2.05, 4.69) is 58.5 Å². The standard InChI is InChI=1S/C35H39N5O2/c1-7-12-32(21-37-24-39-22-26(4)42-27(5)23-39)40(34(41)8-2)35(25(3)19-36-6)30-15-11-14-28(17-30)31-18-29-13-9-10-16-33(29)38-20-31/h7-21,24,26-27H,2,22-23H2,1,3-6H3/b12-7-,32-21+,35-25+,36-19?,37-24?. The fraction of sp³-hybridized carbons (Fsp3) is 0.257. The number of amides is 1. The number of aliphatic imine (C=N–C) groups is 2. The number of hydrogen-bond donors (Lipinski definition) is 0. The lowest BCUT2D eigenvalue weighted by atomic mass is 9.99. The topological polar surface area (TPSA) is 70.4 Å². The molecule has 0 N–H and O–H groups in total. The molecule has 216 valence electrons. The van der Waals surface area contributed by atoms with Gasteiger partial charge in [-0.25, -0.2) is 4.99 Å². The average molecular weight is 562 g/mol. The van der Waals surface area contributed by atoms with Crippen molar-refractivity contribution in [1.82, 2.24) is 14.8 Å². The van der Waals surface area contributed by atoms with Gasteiger partial charge in [-0.2, -0.15) is 0 Å². The average Bonchev–Trinajstić information content (AvgIpc) is 2.98. The Morgan fingerprint density at radius 3 is 2.57 bits per heavy atom. The zero-order valence-corrected chi connectivity index (χ0v) is 25.1. The number of ether oxygens (including phenoxy) is 1. The lowest BCUT2D eigenvalue weighted by molar-refractivity contribution is -0.121. The molecule has 0 aliphatic carbocycles. The molecule has 2 heterocycles. The first-order chi connectivity index (χ1) is 20.3. The second kappa shape index (κ2) is 14.3. The summed E-state index contributed by atoms with van der Waals surface area (Å²) in [5.74, 6) is -0.278. The number of aromatic nitrogens is 1. The normalized spacial score (nSPS) is 18.7. The van der Waals surface area contributed by atoms with Gasteiger partial charge in [0.25, 0.3) is 5.91 Å². The van der Waals surface area contributed by atoms with Crippen molar-refractivity contribution in [2.75, 3.05) is 20.1 Å². The molecule has 7 nitrogen and oxygen atoms in total. The summed E-state index contributed by atoms with van der Waals surface area (Å²) in [5, 5.41) is 1.06. The van der Waals surface area contributed by atoms with Crippen LogP contribution in [0, 0.1) is 0 Å². The van der Waals surface area contributed by atoms with E-state index in [1.54, 1.807) is 24.4 Å². The smallest absolute Gasteiger partial charge is 0.255 e. The fourth-order valence-electron chi connectivity index (χ4n) is 5.18. The lowest BCUT2D eigenvalue weighted by Crippen LogP contribution is -2.44. The summed E-state index contributed by atoms with van der Waals surface area (Å²) < 4.78 is 5.84. The van der Waals surface area contributed by atoms with Crippen molar-refractivity contribution in [2.45, 2.75) is 39.9 Å². The number of rotatable bonds is 9. The molecule has 2 aromatic carbocycles. The number of carbonyl (C=O) groups excluding carboxylic acids is 1. The van der Waals surface area contributed by atoms with Crippen LogP contribution in [-0.2, 0) is 9.53 Å². The molecule has 0 saturated carbocycles. The van der Waals surface area contributed by atoms with Gasteiger partial charge in [0, 0.05) is 43.5 Å². The van der Waals surface area contributed by atoms with Gasteiger partial charge in [-0.05, 0) is 74.7 Å². The molecule has 1 aliphatic rings. The Morgan fingerprint density at radius 2 is 1.86 bits per heavy atom. The van der Waals surface area contributed by atoms with E-state index in [0.29, 0.717) is 11.4 Å². The van der Waals surface area contributed by atoms with Crippen molar-refractivity contribution >= 4 is 35.1 Å². The predicted octanol–water partition coefficient (Wildman–Crippen LogP) is 6.90. The van der Waals surface area contributed by atoms with Crippen molar-refractivity contribution < 1.29 is 9.53 Å². The van der Waals surface area contributed by atoms with E-state index in [1.165, 1.54) is 6.08 Å². The summed E-state index contributed by atoms with van der Waals surface area (Å²) in [6.45, 7) is 13.3. The lowest BCUT2D eigenvalue weighted by Gasteiger charge is -2.33. The maximum absolute atomic E-state index is 13.6. The Bertz CT molecular complexity index is 1570. The van der Waals surface area contributed by atoms with Crippen LogP contribution in [0.2, 0.25) is 0 Å². The monoisotopic (exact) mass is 561 g/mol. The van der Waals surface area contributed by atoms with Gasteiger partial charge in [-0.3, -0.25) is 19.7 Å². The molecular formula is C35H39N5O2. The highest BCUT2D eigenvalue weighted by Crippen LogP contribution is 2.32. The Kier molecular flexibility index (Phi) is 10.3. The largest absolute Gasteiger partial charge is 0.372 e. The summed E-state index contributed by atoms with van der Waals surface area (Å²) >= 11 is 0. The highest BCUT2D eigenvalue weighted by Gasteiger charge is 2.23. The van der Waals surface area contributed by atoms with Crippen LogP contribution >= 0.6 is 0 Å². The first-order valence-electron chi connectivity index (χ1n) is 14.2. The Morgan fingerprint density at radius 1 is 1.10 bits per heavy atom. The van der Waals surface area contributed by atoms with Crippen molar-refractivity contribution in [2.24, 2.45) is 9.98 Å². The van der Waals surface area contributed by atoms with E-state index in [-0.39, 0.29) is 18.1 Å². The number of pyridine rings is 1. The fourth-order valence-corrected chi connectivity index (χ4v) is 5.18. The highest BCUT2D eigenvalue weighted by atomic mass is 16.5. The van der Waals surface area contributed by atoms with Gasteiger partial charge in [0.2, 0.25) is 0 Å². The Hall–Kier alpha value is -4.62. The maximum atomic E-state index is 13.6. The van der Waals surface area contributed by atoms with Gasteiger partial charge >= 0.3 is 0 Å². The molecule has 1 aliphatic heterocycles. The molecule has 1 fully saturated rings. The van der Waals surface area contributed by atoms with E-state index in [4.69, 9.17) is 4.74 Å². The summed E-state index contributed by atoms with van der Waals surface area (Å²) in [4.78, 5) is 30.9. The van der Waals surface area contributed by atoms with Crippen molar-refractivity contribution in [3.63, 3.8) is 0 Å². The molecule has 2 atom stereocenters. The molecule has 0 spiro atoms. The van der Waals surface area contributed by atoms with Crippen LogP contribution in [0.1, 0.15) is 33.3 Å². The first-order valence-corrected chi connectivity index (χ1v) is 14.2. The molecule has 3 aromatic rings. The van der Waals surface area contributed by atoms with Crippen LogP contribution in [0.3, 0.4) is 0 Å². The number of benzene rings is 2. The van der Waals surface area contributed by atoms with E-state index in [0.717, 1.165) is 46.3 Å². The van der Waals surface area contributed by atoms with Crippen molar-refractivity contribution in [1.29, 1.82) is 0 Å². The minimum Gasteiger partial charge on any atom is -0.372 e. The zero-order valence-electron chi connectivity index (χ0n) is 25.1. The maximum Gasteiger partial charge on any atom is 0.255 e. The summed E-state index contributed by atoms with van der Waals surface area (Å²) in [5.41, 5.74) is 5.87. The molecule has 0 radical (unpaired) electrons. The van der Waals surface area contributed by atoms with Crippen LogP contribution in [0.15, 0.2) is 113 Å². The summed E-state index contributed by atoms with van der Waals surface area (Å²) in [6.07, 6.45) is 12.5. The number of allylic oxidation sites excluding steroid dienone is 3. The third-order valence-electron chi connectivity index (χ3n) is 6.85. The number of carbonyl (C=O) groups is 1. The third kappa shape index (κ3) is 7.36. The van der Waals surface area contributed by atoms with Crippen LogP contribution < -0.4 is 0 Å². The molecule has 0 bridgehead atoms. The summed E-state index contributed by atoms with van der Waals surface area (Å²) in [6, 6.07) is 18.3. The van der Waals surface area contributed by atoms with Crippen LogP contribution in [-0.4, -0.2) is 65.6 Å². The molecular weight excluding hydrogens is 522 g/mol. The molecule has 1 amide bonds.